The lowest BCUT2D eigenvalue weighted by molar-refractivity contribution is -0.117. The van der Waals surface area contributed by atoms with Crippen LogP contribution in [0.25, 0.3) is 0 Å². The average Bonchev–Trinajstić information content (AvgIpc) is 3.44. The third-order valence-corrected chi connectivity index (χ3v) is 6.03. The normalized spacial score (nSPS) is 18.0. The van der Waals surface area contributed by atoms with Crippen molar-refractivity contribution in [2.24, 2.45) is 5.92 Å². The average molecular weight is 432 g/mol. The molecule has 1 saturated carbocycles. The third kappa shape index (κ3) is 4.02. The Morgan fingerprint density at radius 2 is 1.93 bits per heavy atom. The largest absolute Gasteiger partial charge is 0.323 e. The highest BCUT2D eigenvalue weighted by atomic mass is 35.5. The van der Waals surface area contributed by atoms with Gasteiger partial charge in [-0.05, 0) is 56.0 Å². The summed E-state index contributed by atoms with van der Waals surface area (Å²) in [4.78, 5) is 12.8. The first kappa shape index (κ1) is 19.9. The number of amides is 1. The van der Waals surface area contributed by atoms with Crippen LogP contribution in [0.5, 0.6) is 0 Å². The van der Waals surface area contributed by atoms with Gasteiger partial charge in [0.05, 0.1) is 23.6 Å². The molecule has 1 amide bonds. The number of carbonyl (C=O) groups is 1. The summed E-state index contributed by atoms with van der Waals surface area (Å²) in [6, 6.07) is 12.2. The third-order valence-electron chi connectivity index (χ3n) is 5.42. The Morgan fingerprint density at radius 1 is 1.21 bits per heavy atom. The summed E-state index contributed by atoms with van der Waals surface area (Å²) < 4.78 is 15.8. The van der Waals surface area contributed by atoms with E-state index in [1.165, 1.54) is 6.07 Å². The molecule has 0 radical (unpaired) electrons. The number of rotatable bonds is 5. The molecule has 0 saturated heterocycles. The molecule has 2 aromatic carbocycles. The monoisotopic (exact) mass is 431 g/mol. The molecule has 1 N–H and O–H groups in total. The van der Waals surface area contributed by atoms with Crippen molar-refractivity contribution in [3.8, 4) is 0 Å². The summed E-state index contributed by atoms with van der Waals surface area (Å²) >= 11 is 12.1. The topological polar surface area (TPSA) is 46.9 Å². The Hall–Kier alpha value is -2.37. The van der Waals surface area contributed by atoms with Crippen LogP contribution in [-0.2, 0) is 11.3 Å². The summed E-state index contributed by atoms with van der Waals surface area (Å²) in [5.41, 5.74) is 3.62. The number of aryl methyl sites for hydroxylation is 1. The maximum Gasteiger partial charge on any atom is 0.228 e. The van der Waals surface area contributed by atoms with Crippen molar-refractivity contribution in [2.75, 3.05) is 5.32 Å². The molecule has 0 bridgehead atoms. The van der Waals surface area contributed by atoms with Gasteiger partial charge in [0.15, 0.2) is 0 Å². The molecule has 1 fully saturated rings. The van der Waals surface area contributed by atoms with Gasteiger partial charge in [-0.25, -0.2) is 4.39 Å². The minimum absolute atomic E-state index is 0.0281. The lowest BCUT2D eigenvalue weighted by Gasteiger charge is -2.09. The van der Waals surface area contributed by atoms with Crippen molar-refractivity contribution in [2.45, 2.75) is 32.7 Å². The van der Waals surface area contributed by atoms with Crippen LogP contribution in [-0.4, -0.2) is 15.7 Å². The highest BCUT2D eigenvalue weighted by molar-refractivity contribution is 6.31. The summed E-state index contributed by atoms with van der Waals surface area (Å²) in [6.07, 6.45) is 0.810. The van der Waals surface area contributed by atoms with Crippen LogP contribution >= 0.6 is 23.2 Å². The second kappa shape index (κ2) is 7.81. The zero-order chi connectivity index (χ0) is 20.7. The van der Waals surface area contributed by atoms with Crippen molar-refractivity contribution in [1.29, 1.82) is 0 Å². The molecule has 2 unspecified atom stereocenters. The predicted octanol–water partition coefficient (Wildman–Crippen LogP) is 5.74. The van der Waals surface area contributed by atoms with Gasteiger partial charge in [0, 0.05) is 21.5 Å². The maximum absolute atomic E-state index is 14.1. The van der Waals surface area contributed by atoms with Gasteiger partial charge in [0.2, 0.25) is 5.91 Å². The zero-order valence-electron chi connectivity index (χ0n) is 16.0. The molecule has 150 valence electrons. The number of aromatic nitrogens is 2. The standard InChI is InChI=1S/C22H20Cl2FN3O/c1-12-21(13(2)28(27-12)11-18-19(24)4-3-5-20(18)25)26-22(29)17-10-16(17)14-6-8-15(23)9-7-14/h3-9,16-17H,10-11H2,1-2H3,(H,26,29). The van der Waals surface area contributed by atoms with Crippen LogP contribution in [0.15, 0.2) is 42.5 Å². The first-order chi connectivity index (χ1) is 13.8. The predicted molar refractivity (Wildman–Crippen MR) is 113 cm³/mol. The van der Waals surface area contributed by atoms with Crippen LogP contribution < -0.4 is 5.32 Å². The fourth-order valence-corrected chi connectivity index (χ4v) is 3.99. The Balaban J connectivity index is 1.49. The lowest BCUT2D eigenvalue weighted by Crippen LogP contribution is -2.16. The van der Waals surface area contributed by atoms with Gasteiger partial charge in [-0.1, -0.05) is 41.4 Å². The Morgan fingerprint density at radius 3 is 2.62 bits per heavy atom. The van der Waals surface area contributed by atoms with Gasteiger partial charge in [-0.15, -0.1) is 0 Å². The SMILES string of the molecule is Cc1nn(Cc2c(F)cccc2Cl)c(C)c1NC(=O)C1CC1c1ccc(Cl)cc1. The number of carbonyl (C=O) groups excluding carboxylic acids is 1. The van der Waals surface area contributed by atoms with Crippen molar-refractivity contribution < 1.29 is 9.18 Å². The summed E-state index contributed by atoms with van der Waals surface area (Å²) in [5, 5.41) is 8.52. The minimum Gasteiger partial charge on any atom is -0.323 e. The van der Waals surface area contributed by atoms with E-state index >= 15 is 0 Å². The van der Waals surface area contributed by atoms with Gasteiger partial charge in [0.25, 0.3) is 0 Å². The fraction of sp³-hybridized carbons (Fsp3) is 0.273. The highest BCUT2D eigenvalue weighted by Gasteiger charge is 2.44. The maximum atomic E-state index is 14.1. The summed E-state index contributed by atoms with van der Waals surface area (Å²) in [6.45, 7) is 3.88. The number of anilines is 1. The molecule has 2 atom stereocenters. The van der Waals surface area contributed by atoms with Gasteiger partial charge < -0.3 is 5.32 Å². The molecule has 4 rings (SSSR count). The minimum atomic E-state index is -0.376. The molecular formula is C22H20Cl2FN3O. The van der Waals surface area contributed by atoms with E-state index in [0.29, 0.717) is 27.0 Å². The Kier molecular flexibility index (Phi) is 5.36. The molecular weight excluding hydrogens is 412 g/mol. The molecule has 1 heterocycles. The van der Waals surface area contributed by atoms with E-state index in [-0.39, 0.29) is 30.1 Å². The van der Waals surface area contributed by atoms with Gasteiger partial charge in [0.1, 0.15) is 5.82 Å². The first-order valence-electron chi connectivity index (χ1n) is 9.38. The van der Waals surface area contributed by atoms with Crippen molar-refractivity contribution in [1.82, 2.24) is 9.78 Å². The van der Waals surface area contributed by atoms with E-state index in [1.54, 1.807) is 16.8 Å². The number of halogens is 3. The van der Waals surface area contributed by atoms with E-state index < -0.39 is 0 Å². The van der Waals surface area contributed by atoms with Crippen molar-refractivity contribution in [3.63, 3.8) is 0 Å². The molecule has 1 aliphatic carbocycles. The summed E-state index contributed by atoms with van der Waals surface area (Å²) in [5.74, 6) is -0.265. The molecule has 0 spiro atoms. The van der Waals surface area contributed by atoms with E-state index in [2.05, 4.69) is 10.4 Å². The fourth-order valence-electron chi connectivity index (χ4n) is 3.64. The molecule has 1 aliphatic rings. The van der Waals surface area contributed by atoms with E-state index in [0.717, 1.165) is 17.7 Å². The van der Waals surface area contributed by atoms with Gasteiger partial charge in [-0.2, -0.15) is 5.10 Å². The van der Waals surface area contributed by atoms with Crippen LogP contribution in [0.3, 0.4) is 0 Å². The van der Waals surface area contributed by atoms with E-state index in [4.69, 9.17) is 23.2 Å². The smallest absolute Gasteiger partial charge is 0.228 e. The molecule has 4 nitrogen and oxygen atoms in total. The summed E-state index contributed by atoms with van der Waals surface area (Å²) in [7, 11) is 0. The second-order valence-corrected chi connectivity index (χ2v) is 8.24. The molecule has 1 aromatic heterocycles. The molecule has 3 aromatic rings. The number of nitrogens with one attached hydrogen (secondary N) is 1. The van der Waals surface area contributed by atoms with Gasteiger partial charge in [-0.3, -0.25) is 9.48 Å². The van der Waals surface area contributed by atoms with Crippen molar-refractivity contribution >= 4 is 34.8 Å². The second-order valence-electron chi connectivity index (χ2n) is 7.39. The van der Waals surface area contributed by atoms with E-state index in [9.17, 15) is 9.18 Å². The lowest BCUT2D eigenvalue weighted by atomic mass is 10.1. The van der Waals surface area contributed by atoms with Crippen LogP contribution in [0.1, 0.15) is 34.9 Å². The number of hydrogen-bond donors (Lipinski definition) is 1. The Labute approximate surface area is 178 Å². The zero-order valence-corrected chi connectivity index (χ0v) is 17.6. The first-order valence-corrected chi connectivity index (χ1v) is 10.1. The van der Waals surface area contributed by atoms with Crippen molar-refractivity contribution in [3.05, 3.63) is 80.8 Å². The highest BCUT2D eigenvalue weighted by Crippen LogP contribution is 2.48. The van der Waals surface area contributed by atoms with Crippen LogP contribution in [0, 0.1) is 25.6 Å². The van der Waals surface area contributed by atoms with Crippen LogP contribution in [0.2, 0.25) is 10.0 Å². The number of hydrogen-bond acceptors (Lipinski definition) is 2. The molecule has 29 heavy (non-hydrogen) atoms. The number of benzene rings is 2. The quantitative estimate of drug-likeness (QED) is 0.559. The Bertz CT molecular complexity index is 1060. The molecule has 7 heteroatoms. The van der Waals surface area contributed by atoms with E-state index in [1.807, 2.05) is 38.1 Å². The van der Waals surface area contributed by atoms with Crippen LogP contribution in [0.4, 0.5) is 10.1 Å². The number of nitrogens with zero attached hydrogens (tertiary/aromatic N) is 2. The molecule has 0 aliphatic heterocycles. The van der Waals surface area contributed by atoms with Gasteiger partial charge >= 0.3 is 0 Å².